The van der Waals surface area contributed by atoms with E-state index < -0.39 is 0 Å². The molecule has 1 aliphatic heterocycles. The predicted molar refractivity (Wildman–Crippen MR) is 74.5 cm³/mol. The smallest absolute Gasteiger partial charge is 0.166 e. The van der Waals surface area contributed by atoms with Gasteiger partial charge >= 0.3 is 0 Å². The number of benzene rings is 1. The number of morpholine rings is 1. The van der Waals surface area contributed by atoms with Gasteiger partial charge < -0.3 is 9.72 Å². The lowest BCUT2D eigenvalue weighted by molar-refractivity contribution is 0.0370. The molecule has 1 fully saturated rings. The highest BCUT2D eigenvalue weighted by Crippen LogP contribution is 2.19. The van der Waals surface area contributed by atoms with Crippen LogP contribution in [0.15, 0.2) is 30.5 Å². The Hall–Kier alpha value is -1.65. The monoisotopic (exact) mass is 258 g/mol. The first kappa shape index (κ1) is 12.4. The molecule has 1 aliphatic rings. The van der Waals surface area contributed by atoms with Gasteiger partial charge in [-0.05, 0) is 6.07 Å². The van der Waals surface area contributed by atoms with Gasteiger partial charge in [0.1, 0.15) is 0 Å². The van der Waals surface area contributed by atoms with Crippen molar-refractivity contribution in [2.45, 2.75) is 6.42 Å². The fourth-order valence-electron chi connectivity index (χ4n) is 2.52. The molecule has 0 atom stereocenters. The lowest BCUT2D eigenvalue weighted by Crippen LogP contribution is -2.37. The summed E-state index contributed by atoms with van der Waals surface area (Å²) in [6.45, 7) is 4.24. The van der Waals surface area contributed by atoms with Crippen LogP contribution in [0.2, 0.25) is 0 Å². The van der Waals surface area contributed by atoms with E-state index in [2.05, 4.69) is 9.88 Å². The van der Waals surface area contributed by atoms with E-state index in [9.17, 15) is 4.79 Å². The third-order valence-electron chi connectivity index (χ3n) is 3.65. The molecule has 2 aromatic rings. The van der Waals surface area contributed by atoms with Gasteiger partial charge in [0.05, 0.1) is 13.2 Å². The quantitative estimate of drug-likeness (QED) is 0.854. The summed E-state index contributed by atoms with van der Waals surface area (Å²) in [6, 6.07) is 7.93. The van der Waals surface area contributed by atoms with E-state index >= 15 is 0 Å². The van der Waals surface area contributed by atoms with Gasteiger partial charge in [0, 0.05) is 48.7 Å². The minimum absolute atomic E-state index is 0.212. The predicted octanol–water partition coefficient (Wildman–Crippen LogP) is 2.07. The normalized spacial score (nSPS) is 16.8. The number of hydrogen-bond acceptors (Lipinski definition) is 3. The molecule has 4 heteroatoms. The fraction of sp³-hybridized carbons (Fsp3) is 0.400. The van der Waals surface area contributed by atoms with Gasteiger partial charge in [0.25, 0.3) is 0 Å². The first-order chi connectivity index (χ1) is 9.34. The maximum atomic E-state index is 12.3. The number of nitrogens with one attached hydrogen (secondary N) is 1. The number of carbonyl (C=O) groups excluding carboxylic acids is 1. The van der Waals surface area contributed by atoms with E-state index in [-0.39, 0.29) is 5.78 Å². The van der Waals surface area contributed by atoms with Crippen molar-refractivity contribution in [3.63, 3.8) is 0 Å². The summed E-state index contributed by atoms with van der Waals surface area (Å²) < 4.78 is 5.30. The molecule has 4 nitrogen and oxygen atoms in total. The molecule has 0 aliphatic carbocycles. The summed E-state index contributed by atoms with van der Waals surface area (Å²) in [6.07, 6.45) is 2.40. The van der Waals surface area contributed by atoms with Crippen molar-refractivity contribution in [3.05, 3.63) is 36.0 Å². The maximum Gasteiger partial charge on any atom is 0.166 e. The van der Waals surface area contributed by atoms with Crippen LogP contribution in [-0.4, -0.2) is 48.5 Å². The summed E-state index contributed by atoms with van der Waals surface area (Å²) in [5.41, 5.74) is 1.83. The SMILES string of the molecule is O=C(CCN1CCOCC1)c1c[nH]c2ccccc12. The van der Waals surface area contributed by atoms with Crippen LogP contribution >= 0.6 is 0 Å². The number of H-pyrrole nitrogens is 1. The Morgan fingerprint density at radius 1 is 1.26 bits per heavy atom. The van der Waals surface area contributed by atoms with Gasteiger partial charge in [-0.3, -0.25) is 9.69 Å². The van der Waals surface area contributed by atoms with Gasteiger partial charge in [0.15, 0.2) is 5.78 Å². The zero-order chi connectivity index (χ0) is 13.1. The summed E-state index contributed by atoms with van der Waals surface area (Å²) in [4.78, 5) is 17.7. The number of aromatic amines is 1. The largest absolute Gasteiger partial charge is 0.379 e. The third-order valence-corrected chi connectivity index (χ3v) is 3.65. The highest BCUT2D eigenvalue weighted by molar-refractivity contribution is 6.07. The van der Waals surface area contributed by atoms with Gasteiger partial charge in [-0.15, -0.1) is 0 Å². The van der Waals surface area contributed by atoms with E-state index in [4.69, 9.17) is 4.74 Å². The van der Waals surface area contributed by atoms with Crippen LogP contribution in [0.25, 0.3) is 10.9 Å². The second kappa shape index (κ2) is 5.55. The minimum Gasteiger partial charge on any atom is -0.379 e. The lowest BCUT2D eigenvalue weighted by atomic mass is 10.1. The molecule has 2 heterocycles. The van der Waals surface area contributed by atoms with E-state index in [0.29, 0.717) is 6.42 Å². The van der Waals surface area contributed by atoms with Crippen LogP contribution in [0, 0.1) is 0 Å². The van der Waals surface area contributed by atoms with Crippen molar-refractivity contribution < 1.29 is 9.53 Å². The summed E-state index contributed by atoms with van der Waals surface area (Å²) >= 11 is 0. The first-order valence-corrected chi connectivity index (χ1v) is 6.74. The Balaban J connectivity index is 1.66. The number of fused-ring (bicyclic) bond motifs is 1. The van der Waals surface area contributed by atoms with Crippen molar-refractivity contribution in [1.29, 1.82) is 0 Å². The number of ketones is 1. The molecular formula is C15H18N2O2. The van der Waals surface area contributed by atoms with Crippen molar-refractivity contribution in [1.82, 2.24) is 9.88 Å². The molecule has 0 amide bonds. The zero-order valence-corrected chi connectivity index (χ0v) is 10.9. The highest BCUT2D eigenvalue weighted by Gasteiger charge is 2.15. The summed E-state index contributed by atoms with van der Waals surface area (Å²) in [5.74, 6) is 0.212. The topological polar surface area (TPSA) is 45.3 Å². The molecule has 19 heavy (non-hydrogen) atoms. The van der Waals surface area contributed by atoms with Crippen LogP contribution in [0.5, 0.6) is 0 Å². The van der Waals surface area contributed by atoms with Gasteiger partial charge in [0.2, 0.25) is 0 Å². The maximum absolute atomic E-state index is 12.3. The number of nitrogens with zero attached hydrogens (tertiary/aromatic N) is 1. The molecule has 1 aromatic heterocycles. The Morgan fingerprint density at radius 2 is 2.05 bits per heavy atom. The Kier molecular flexibility index (Phi) is 3.62. The molecule has 100 valence electrons. The van der Waals surface area contributed by atoms with E-state index in [1.807, 2.05) is 30.5 Å². The van der Waals surface area contributed by atoms with Crippen LogP contribution in [0.4, 0.5) is 0 Å². The summed E-state index contributed by atoms with van der Waals surface area (Å²) in [5, 5.41) is 1.02. The zero-order valence-electron chi connectivity index (χ0n) is 10.9. The van der Waals surface area contributed by atoms with Crippen LogP contribution in [0.1, 0.15) is 16.8 Å². The molecule has 1 saturated heterocycles. The standard InChI is InChI=1S/C15H18N2O2/c18-15(5-6-17-7-9-19-10-8-17)13-11-16-14-4-2-1-3-12(13)14/h1-4,11,16H,5-10H2. The fourth-order valence-corrected chi connectivity index (χ4v) is 2.52. The molecule has 3 rings (SSSR count). The van der Waals surface area contributed by atoms with Crippen molar-refractivity contribution >= 4 is 16.7 Å². The molecule has 0 unspecified atom stereocenters. The number of hydrogen-bond donors (Lipinski definition) is 1. The number of Topliss-reactive ketones (excluding diaryl/α,β-unsaturated/α-hetero) is 1. The number of carbonyl (C=O) groups is 1. The second-order valence-electron chi connectivity index (χ2n) is 4.88. The molecule has 0 spiro atoms. The Labute approximate surface area is 112 Å². The van der Waals surface area contributed by atoms with E-state index in [1.54, 1.807) is 0 Å². The third kappa shape index (κ3) is 2.69. The van der Waals surface area contributed by atoms with Gasteiger partial charge in [-0.2, -0.15) is 0 Å². The minimum atomic E-state index is 0.212. The average molecular weight is 258 g/mol. The van der Waals surface area contributed by atoms with Crippen molar-refractivity contribution in [2.24, 2.45) is 0 Å². The number of aromatic nitrogens is 1. The number of para-hydroxylation sites is 1. The first-order valence-electron chi connectivity index (χ1n) is 6.74. The van der Waals surface area contributed by atoms with Gasteiger partial charge in [-0.1, -0.05) is 18.2 Å². The van der Waals surface area contributed by atoms with Crippen LogP contribution < -0.4 is 0 Å². The second-order valence-corrected chi connectivity index (χ2v) is 4.88. The average Bonchev–Trinajstić information content (AvgIpc) is 2.90. The lowest BCUT2D eigenvalue weighted by Gasteiger charge is -2.26. The molecule has 0 bridgehead atoms. The van der Waals surface area contributed by atoms with E-state index in [1.165, 1.54) is 0 Å². The summed E-state index contributed by atoms with van der Waals surface area (Å²) in [7, 11) is 0. The highest BCUT2D eigenvalue weighted by atomic mass is 16.5. The van der Waals surface area contributed by atoms with Crippen molar-refractivity contribution in [2.75, 3.05) is 32.8 Å². The molecular weight excluding hydrogens is 240 g/mol. The van der Waals surface area contributed by atoms with E-state index in [0.717, 1.165) is 49.3 Å². The molecule has 0 saturated carbocycles. The van der Waals surface area contributed by atoms with Gasteiger partial charge in [-0.25, -0.2) is 0 Å². The molecule has 0 radical (unpaired) electrons. The molecule has 1 aromatic carbocycles. The van der Waals surface area contributed by atoms with Crippen LogP contribution in [-0.2, 0) is 4.74 Å². The Morgan fingerprint density at radius 3 is 2.89 bits per heavy atom. The van der Waals surface area contributed by atoms with Crippen LogP contribution in [0.3, 0.4) is 0 Å². The molecule has 1 N–H and O–H groups in total. The Bertz CT molecular complexity index is 570. The number of rotatable bonds is 4. The van der Waals surface area contributed by atoms with Crippen molar-refractivity contribution in [3.8, 4) is 0 Å². The number of ether oxygens (including phenoxy) is 1.